The van der Waals surface area contributed by atoms with Gasteiger partial charge in [-0.15, -0.1) is 0 Å². The van der Waals surface area contributed by atoms with Crippen molar-refractivity contribution < 1.29 is 9.47 Å². The van der Waals surface area contributed by atoms with Crippen LogP contribution < -0.4 is 61.9 Å². The van der Waals surface area contributed by atoms with E-state index in [2.05, 4.69) is 290 Å². The van der Waals surface area contributed by atoms with Crippen molar-refractivity contribution >= 4 is 109 Å². The normalized spacial score (nSPS) is 15.3. The average Bonchev–Trinajstić information content (AvgIpc) is 0.698. The maximum absolute atomic E-state index is 7.63. The molecular weight excluding hydrogens is 1090 g/mol. The third kappa shape index (κ3) is 8.80. The molecule has 0 N–H and O–H groups in total. The lowest BCUT2D eigenvalue weighted by molar-refractivity contribution is 0.330. The number of pyridine rings is 2. The summed E-state index contributed by atoms with van der Waals surface area (Å²) in [5.74, 6) is 6.43. The molecule has 15 rings (SSSR count). The number of aromatic nitrogens is 2. The molecule has 0 fully saturated rings. The number of hydrogen-bond acceptors (Lipinski definition) is 8. The molecule has 4 aliphatic heterocycles. The lowest BCUT2D eigenvalue weighted by atomic mass is 9.31. The van der Waals surface area contributed by atoms with Crippen LogP contribution >= 0.6 is 0 Å². The van der Waals surface area contributed by atoms with Crippen molar-refractivity contribution in [3.63, 3.8) is 0 Å². The SMILES string of the molecule is C=C/C=C\C(C)=C(/C)N(c1cc2c3c(n1)N(c1ccccc1)c1cc4c(cc1B3c1cc3c(cc1O2)C(C)(C)CCC3(C)C)B1c2ccccc2Oc2cc(N(c3ccccc3C)c3c(C)cccc3C)nc(c21)N4c1ccccc1)c1c(C)cccc1C. The summed E-state index contributed by atoms with van der Waals surface area (Å²) in [6, 6.07) is 66.2. The van der Waals surface area contributed by atoms with Crippen LogP contribution in [0.1, 0.15) is 93.3 Å². The Morgan fingerprint density at radius 2 is 0.989 bits per heavy atom. The van der Waals surface area contributed by atoms with E-state index in [4.69, 9.17) is 19.4 Å². The van der Waals surface area contributed by atoms with E-state index in [1.165, 1.54) is 16.6 Å². The van der Waals surface area contributed by atoms with Crippen molar-refractivity contribution in [1.82, 2.24) is 9.97 Å². The fourth-order valence-electron chi connectivity index (χ4n) is 15.0. The Morgan fingerprint density at radius 3 is 1.58 bits per heavy atom. The first-order chi connectivity index (χ1) is 43.0. The summed E-state index contributed by atoms with van der Waals surface area (Å²) in [5.41, 5.74) is 24.3. The van der Waals surface area contributed by atoms with E-state index in [9.17, 15) is 0 Å². The second-order valence-electron chi connectivity index (χ2n) is 26.4. The monoisotopic (exact) mass is 1160 g/mol. The van der Waals surface area contributed by atoms with Gasteiger partial charge in [0, 0.05) is 51.5 Å². The van der Waals surface area contributed by atoms with Gasteiger partial charge in [0.1, 0.15) is 46.3 Å². The van der Waals surface area contributed by atoms with Crippen molar-refractivity contribution in [2.45, 2.75) is 99.8 Å². The van der Waals surface area contributed by atoms with Crippen molar-refractivity contribution in [2.24, 2.45) is 0 Å². The second kappa shape index (κ2) is 20.9. The highest BCUT2D eigenvalue weighted by molar-refractivity contribution is 7.02. The Labute approximate surface area is 525 Å². The third-order valence-electron chi connectivity index (χ3n) is 19.8. The minimum atomic E-state index is -0.277. The zero-order chi connectivity index (χ0) is 61.4. The van der Waals surface area contributed by atoms with E-state index >= 15 is 0 Å². The Morgan fingerprint density at radius 1 is 0.494 bits per heavy atom. The maximum Gasteiger partial charge on any atom is 0.258 e. The van der Waals surface area contributed by atoms with Crippen LogP contribution in [0.3, 0.4) is 0 Å². The van der Waals surface area contributed by atoms with E-state index in [1.54, 1.807) is 0 Å². The van der Waals surface area contributed by atoms with Gasteiger partial charge in [-0.3, -0.25) is 19.6 Å². The van der Waals surface area contributed by atoms with Gasteiger partial charge in [-0.25, -0.2) is 9.97 Å². The predicted octanol–water partition coefficient (Wildman–Crippen LogP) is 16.8. The van der Waals surface area contributed by atoms with Crippen LogP contribution in [-0.2, 0) is 10.8 Å². The molecule has 10 aromatic rings. The number of aryl methyl sites for hydroxylation is 5. The zero-order valence-corrected chi connectivity index (χ0v) is 52.8. The van der Waals surface area contributed by atoms with Crippen LogP contribution in [0.4, 0.5) is 63.1 Å². The van der Waals surface area contributed by atoms with Gasteiger partial charge in [0.15, 0.2) is 0 Å². The highest BCUT2D eigenvalue weighted by atomic mass is 16.5. The quantitative estimate of drug-likeness (QED) is 0.0992. The van der Waals surface area contributed by atoms with E-state index in [-0.39, 0.29) is 24.3 Å². The molecule has 6 heterocycles. The number of fused-ring (bicyclic) bond motifs is 9. The number of allylic oxidation sites excluding steroid dienone is 5. The summed E-state index contributed by atoms with van der Waals surface area (Å²) in [4.78, 5) is 21.6. The van der Waals surface area contributed by atoms with Gasteiger partial charge in [-0.05, 0) is 187 Å². The van der Waals surface area contributed by atoms with Crippen molar-refractivity contribution in [3.05, 3.63) is 257 Å². The van der Waals surface area contributed by atoms with Crippen LogP contribution in [0.25, 0.3) is 0 Å². The largest absolute Gasteiger partial charge is 0.458 e. The molecule has 8 nitrogen and oxygen atoms in total. The average molecular weight is 1160 g/mol. The van der Waals surface area contributed by atoms with Crippen LogP contribution in [-0.4, -0.2) is 23.4 Å². The van der Waals surface area contributed by atoms with Gasteiger partial charge in [-0.2, -0.15) is 0 Å². The standard InChI is InChI=1S/C79H72B2N6O2/c1-13-14-27-48(2)54(8)84(74-50(4)29-25-30-51(74)5)70-46-69-73-77(82-70)86(56-35-19-16-20-36-56)65-45-64-60(44-61(65)81(73)62-42-57-58(43-67(62)89-69)79(11,12)41-40-78(57,9)10)80-59-37-22-24-39-66(59)88-68-47-71(83-76(72(68)80)85(64)55-33-17-15-18-34-55)87(63-38-23-21-28-49(63)3)75-52(6)31-26-32-53(75)7/h13-39,42-47H,1,40-41H2,2-12H3/b27-14-,54-48+. The Balaban J connectivity index is 1.06. The molecule has 0 unspecified atom stereocenters. The van der Waals surface area contributed by atoms with Gasteiger partial charge >= 0.3 is 0 Å². The minimum absolute atomic E-state index is 0.0602. The fourth-order valence-corrected chi connectivity index (χ4v) is 15.0. The Bertz CT molecular complexity index is 4620. The summed E-state index contributed by atoms with van der Waals surface area (Å²) in [6.45, 7) is 28.5. The van der Waals surface area contributed by atoms with Crippen molar-refractivity contribution in [3.8, 4) is 23.0 Å². The summed E-state index contributed by atoms with van der Waals surface area (Å²) >= 11 is 0. The van der Waals surface area contributed by atoms with Gasteiger partial charge < -0.3 is 9.47 Å². The number of para-hydroxylation sites is 6. The highest BCUT2D eigenvalue weighted by Gasteiger charge is 2.50. The highest BCUT2D eigenvalue weighted by Crippen LogP contribution is 2.52. The van der Waals surface area contributed by atoms with Gasteiger partial charge in [0.25, 0.3) is 13.4 Å². The molecule has 1 aliphatic carbocycles. The molecule has 5 aliphatic rings. The lowest BCUT2D eigenvalue weighted by Crippen LogP contribution is -2.64. The number of benzene rings is 8. The minimum Gasteiger partial charge on any atom is -0.458 e. The predicted molar refractivity (Wildman–Crippen MR) is 374 cm³/mol. The van der Waals surface area contributed by atoms with Crippen LogP contribution in [0, 0.1) is 34.6 Å². The Kier molecular flexibility index (Phi) is 13.1. The Hall–Kier alpha value is -9.79. The van der Waals surface area contributed by atoms with Gasteiger partial charge in [-0.1, -0.05) is 174 Å². The molecule has 0 saturated carbocycles. The van der Waals surface area contributed by atoms with E-state index in [0.29, 0.717) is 0 Å². The van der Waals surface area contributed by atoms with E-state index in [0.717, 1.165) is 165 Å². The molecule has 0 spiro atoms. The number of ether oxygens (including phenoxy) is 2. The third-order valence-corrected chi connectivity index (χ3v) is 19.8. The molecule has 0 atom stereocenters. The van der Waals surface area contributed by atoms with Crippen LogP contribution in [0.2, 0.25) is 0 Å². The first-order valence-electron chi connectivity index (χ1n) is 31.4. The summed E-state index contributed by atoms with van der Waals surface area (Å²) in [7, 11) is 0. The molecule has 436 valence electrons. The first-order valence-corrected chi connectivity index (χ1v) is 31.4. The molecule has 0 amide bonds. The number of rotatable bonds is 10. The molecular formula is C79H72B2N6O2. The van der Waals surface area contributed by atoms with Crippen LogP contribution in [0.15, 0.2) is 218 Å². The molecule has 0 radical (unpaired) electrons. The fraction of sp³-hybridized carbons (Fsp3) is 0.190. The topological polar surface area (TPSA) is 57.2 Å². The molecule has 8 aromatic carbocycles. The lowest BCUT2D eigenvalue weighted by Gasteiger charge is -2.45. The summed E-state index contributed by atoms with van der Waals surface area (Å²) in [6.07, 6.45) is 8.14. The maximum atomic E-state index is 7.63. The molecule has 0 bridgehead atoms. The summed E-state index contributed by atoms with van der Waals surface area (Å²) in [5, 5.41) is 0. The molecule has 2 aromatic heterocycles. The number of nitrogens with zero attached hydrogens (tertiary/aromatic N) is 6. The summed E-state index contributed by atoms with van der Waals surface area (Å²) < 4.78 is 14.9. The number of anilines is 11. The molecule has 0 saturated heterocycles. The van der Waals surface area contributed by atoms with Crippen molar-refractivity contribution in [1.29, 1.82) is 0 Å². The van der Waals surface area contributed by atoms with Gasteiger partial charge in [0.2, 0.25) is 0 Å². The first kappa shape index (κ1) is 55.8. The van der Waals surface area contributed by atoms with E-state index < -0.39 is 0 Å². The number of hydrogen-bond donors (Lipinski definition) is 0. The van der Waals surface area contributed by atoms with E-state index in [1.807, 2.05) is 12.2 Å². The second-order valence-corrected chi connectivity index (χ2v) is 26.4. The smallest absolute Gasteiger partial charge is 0.258 e. The van der Waals surface area contributed by atoms with Crippen molar-refractivity contribution in [2.75, 3.05) is 19.6 Å². The zero-order valence-electron chi connectivity index (χ0n) is 52.8. The van der Waals surface area contributed by atoms with Crippen LogP contribution in [0.5, 0.6) is 23.0 Å². The van der Waals surface area contributed by atoms with Gasteiger partial charge in [0.05, 0.1) is 17.1 Å². The molecule has 10 heteroatoms. The molecule has 89 heavy (non-hydrogen) atoms.